The van der Waals surface area contributed by atoms with E-state index >= 15 is 0 Å². The van der Waals surface area contributed by atoms with Crippen LogP contribution in [0.15, 0.2) is 17.3 Å². The van der Waals surface area contributed by atoms with Crippen molar-refractivity contribution in [2.75, 3.05) is 18.5 Å². The minimum atomic E-state index is -4.63. The Morgan fingerprint density at radius 3 is 2.50 bits per heavy atom. The third kappa shape index (κ3) is 7.88. The molecule has 0 bridgehead atoms. The van der Waals surface area contributed by atoms with E-state index < -0.39 is 53.9 Å². The van der Waals surface area contributed by atoms with Crippen LogP contribution in [-0.2, 0) is 9.59 Å². The van der Waals surface area contributed by atoms with Gasteiger partial charge in [0.15, 0.2) is 6.04 Å². The molecule has 1 saturated heterocycles. The maximum atomic E-state index is 14.1. The second-order valence-electron chi connectivity index (χ2n) is 9.17. The molecule has 212 valence electrons. The topological polar surface area (TPSA) is 107 Å². The van der Waals surface area contributed by atoms with Crippen molar-refractivity contribution in [2.45, 2.75) is 83.7 Å². The Hall–Kier alpha value is -2.74. The molecule has 3 N–H and O–H groups in total. The second-order valence-corrected chi connectivity index (χ2v) is 9.61. The van der Waals surface area contributed by atoms with Crippen LogP contribution >= 0.6 is 12.2 Å². The molecule has 0 radical (unpaired) electrons. The number of thiocarbonyl (C=S) groups is 1. The third-order valence-corrected chi connectivity index (χ3v) is 6.63. The van der Waals surface area contributed by atoms with Crippen molar-refractivity contribution in [3.63, 3.8) is 0 Å². The molecule has 2 amide bonds. The van der Waals surface area contributed by atoms with Gasteiger partial charge in [0.05, 0.1) is 17.2 Å². The maximum absolute atomic E-state index is 14.1. The molecule has 0 aromatic carbocycles. The van der Waals surface area contributed by atoms with Gasteiger partial charge in [0.2, 0.25) is 0 Å². The number of aliphatic hydroxyl groups is 1. The van der Waals surface area contributed by atoms with Crippen molar-refractivity contribution < 1.29 is 36.6 Å². The Kier molecular flexibility index (Phi) is 11.1. The Morgan fingerprint density at radius 1 is 1.34 bits per heavy atom. The Balaban J connectivity index is 2.51. The van der Waals surface area contributed by atoms with E-state index in [2.05, 4.69) is 20.6 Å². The van der Waals surface area contributed by atoms with Gasteiger partial charge in [-0.2, -0.15) is 13.2 Å². The van der Waals surface area contributed by atoms with E-state index in [1.54, 1.807) is 6.92 Å². The summed E-state index contributed by atoms with van der Waals surface area (Å²) in [6.07, 6.45) is -5.82. The molecule has 1 aromatic heterocycles. The van der Waals surface area contributed by atoms with Crippen LogP contribution in [0.1, 0.15) is 64.5 Å². The molecule has 1 unspecified atom stereocenters. The van der Waals surface area contributed by atoms with Crippen LogP contribution in [0.2, 0.25) is 0 Å². The van der Waals surface area contributed by atoms with Crippen molar-refractivity contribution in [2.24, 2.45) is 4.99 Å². The third-order valence-electron chi connectivity index (χ3n) is 6.18. The molecule has 0 aliphatic carbocycles. The number of nitrogens with zero attached hydrogens (tertiary/aromatic N) is 3. The number of amides is 2. The second kappa shape index (κ2) is 13.4. The van der Waals surface area contributed by atoms with Crippen molar-refractivity contribution in [3.8, 4) is 0 Å². The average Bonchev–Trinajstić information content (AvgIpc) is 3.29. The number of carbonyl (C=O) groups excluding carboxylic acids is 2. The smallest absolute Gasteiger partial charge is 0.394 e. The molecule has 4 atom stereocenters. The van der Waals surface area contributed by atoms with Crippen LogP contribution in [0.25, 0.3) is 0 Å². The van der Waals surface area contributed by atoms with Crippen LogP contribution in [0.5, 0.6) is 0 Å². The molecule has 2 rings (SSSR count). The standard InChI is InChI=1S/C24H32F5N5O3S/c1-5-17(24(27,28)29)33-18-9-15(21(25)26)16(10-30-18)20(38)19(23(37)34-8-6-7-13(34)3)32-14(4)22(36)31-12(2)11-35/h9-10,12-13,17,19,21,35H,5-8,11H2,1-4H3,(H,30,33)(H,31,36)/t12-,13+,17+,19?/m1/s1. The van der Waals surface area contributed by atoms with Crippen LogP contribution in [0, 0.1) is 0 Å². The largest absolute Gasteiger partial charge is 0.408 e. The van der Waals surface area contributed by atoms with Gasteiger partial charge in [-0.25, -0.2) is 13.8 Å². The highest BCUT2D eigenvalue weighted by Gasteiger charge is 2.39. The number of aliphatic imine (C=N–C) groups is 1. The molecule has 14 heteroatoms. The summed E-state index contributed by atoms with van der Waals surface area (Å²) >= 11 is 5.43. The zero-order chi connectivity index (χ0) is 28.8. The van der Waals surface area contributed by atoms with E-state index in [0.717, 1.165) is 12.3 Å². The van der Waals surface area contributed by atoms with E-state index in [9.17, 15) is 36.6 Å². The molecular weight excluding hydrogens is 533 g/mol. The summed E-state index contributed by atoms with van der Waals surface area (Å²) in [6, 6.07) is -3.54. The summed E-state index contributed by atoms with van der Waals surface area (Å²) in [5, 5.41) is 13.8. The van der Waals surface area contributed by atoms with E-state index in [1.165, 1.54) is 18.7 Å². The molecular formula is C24H32F5N5O3S. The fourth-order valence-electron chi connectivity index (χ4n) is 3.95. The van der Waals surface area contributed by atoms with Crippen LogP contribution in [-0.4, -0.2) is 80.9 Å². The lowest BCUT2D eigenvalue weighted by molar-refractivity contribution is -0.143. The lowest BCUT2D eigenvalue weighted by Crippen LogP contribution is -2.45. The fourth-order valence-corrected chi connectivity index (χ4v) is 4.27. The number of carbonyl (C=O) groups is 2. The zero-order valence-corrected chi connectivity index (χ0v) is 22.3. The van der Waals surface area contributed by atoms with Gasteiger partial charge in [-0.15, -0.1) is 0 Å². The predicted octanol–water partition coefficient (Wildman–Crippen LogP) is 3.83. The zero-order valence-electron chi connectivity index (χ0n) is 21.5. The van der Waals surface area contributed by atoms with E-state index in [1.807, 2.05) is 6.92 Å². The van der Waals surface area contributed by atoms with Crippen molar-refractivity contribution in [1.82, 2.24) is 15.2 Å². The summed E-state index contributed by atoms with van der Waals surface area (Å²) in [5.41, 5.74) is -1.21. The van der Waals surface area contributed by atoms with E-state index in [0.29, 0.717) is 19.4 Å². The Bertz CT molecular complexity index is 1050. The summed E-state index contributed by atoms with van der Waals surface area (Å²) in [6.45, 7) is 6.01. The van der Waals surface area contributed by atoms with Crippen LogP contribution < -0.4 is 10.6 Å². The highest BCUT2D eigenvalue weighted by molar-refractivity contribution is 7.81. The Labute approximate surface area is 223 Å². The van der Waals surface area contributed by atoms with Gasteiger partial charge in [-0.3, -0.25) is 14.6 Å². The van der Waals surface area contributed by atoms with E-state index in [-0.39, 0.29) is 35.2 Å². The molecule has 8 nitrogen and oxygen atoms in total. The van der Waals surface area contributed by atoms with Crippen molar-refractivity contribution >= 4 is 40.4 Å². The molecule has 0 saturated carbocycles. The first-order chi connectivity index (χ1) is 17.7. The van der Waals surface area contributed by atoms with Crippen LogP contribution in [0.4, 0.5) is 27.8 Å². The molecule has 1 aliphatic rings. The number of rotatable bonds is 11. The summed E-state index contributed by atoms with van der Waals surface area (Å²) in [5.74, 6) is -1.71. The minimum absolute atomic E-state index is 0.167. The monoisotopic (exact) mass is 565 g/mol. The molecule has 1 aliphatic heterocycles. The summed E-state index contributed by atoms with van der Waals surface area (Å²) in [7, 11) is 0. The maximum Gasteiger partial charge on any atom is 0.408 e. The van der Waals surface area contributed by atoms with Gasteiger partial charge < -0.3 is 20.6 Å². The molecule has 2 heterocycles. The molecule has 1 fully saturated rings. The number of halogens is 5. The fraction of sp³-hybridized carbons (Fsp3) is 0.625. The minimum Gasteiger partial charge on any atom is -0.394 e. The number of alkyl halides is 5. The van der Waals surface area contributed by atoms with Gasteiger partial charge in [-0.05, 0) is 46.1 Å². The van der Waals surface area contributed by atoms with Gasteiger partial charge in [-0.1, -0.05) is 19.1 Å². The van der Waals surface area contributed by atoms with Gasteiger partial charge in [0.1, 0.15) is 11.9 Å². The highest BCUT2D eigenvalue weighted by Crippen LogP contribution is 2.30. The number of hydrogen-bond acceptors (Lipinski definition) is 7. The quantitative estimate of drug-likeness (QED) is 0.163. The van der Waals surface area contributed by atoms with E-state index in [4.69, 9.17) is 12.2 Å². The number of hydrogen-bond donors (Lipinski definition) is 3. The van der Waals surface area contributed by atoms with Gasteiger partial charge in [0, 0.05) is 36.0 Å². The number of aromatic nitrogens is 1. The normalized spacial score (nSPS) is 18.8. The first-order valence-electron chi connectivity index (χ1n) is 12.1. The lowest BCUT2D eigenvalue weighted by Gasteiger charge is -2.26. The van der Waals surface area contributed by atoms with Crippen molar-refractivity contribution in [3.05, 3.63) is 23.4 Å². The molecule has 1 aromatic rings. The Morgan fingerprint density at radius 2 is 2.00 bits per heavy atom. The lowest BCUT2D eigenvalue weighted by atomic mass is 10.0. The number of anilines is 1. The number of nitrogens with one attached hydrogen (secondary N) is 2. The number of aliphatic hydroxyl groups excluding tert-OH is 1. The first-order valence-corrected chi connectivity index (χ1v) is 12.5. The predicted molar refractivity (Wildman–Crippen MR) is 137 cm³/mol. The molecule has 38 heavy (non-hydrogen) atoms. The average molecular weight is 566 g/mol. The first kappa shape index (κ1) is 31.5. The van der Waals surface area contributed by atoms with Crippen molar-refractivity contribution in [1.29, 1.82) is 0 Å². The highest BCUT2D eigenvalue weighted by atomic mass is 32.1. The summed E-state index contributed by atoms with van der Waals surface area (Å²) in [4.78, 5) is 35.2. The SMILES string of the molecule is CC[C@H](Nc1cc(C(F)F)c(C(=S)C(N=C(C)C(=O)N[C@H](C)CO)C(=O)N2CCC[C@@H]2C)cn1)C(F)(F)F. The van der Waals surface area contributed by atoms with Gasteiger partial charge in [0.25, 0.3) is 18.2 Å². The van der Waals surface area contributed by atoms with Gasteiger partial charge >= 0.3 is 6.18 Å². The molecule has 0 spiro atoms. The summed E-state index contributed by atoms with van der Waals surface area (Å²) < 4.78 is 67.6. The van der Waals surface area contributed by atoms with Crippen LogP contribution in [0.3, 0.4) is 0 Å². The number of likely N-dealkylation sites (tertiary alicyclic amines) is 1. The number of pyridine rings is 1.